The summed E-state index contributed by atoms with van der Waals surface area (Å²) in [5.41, 5.74) is 2.38. The lowest BCUT2D eigenvalue weighted by Gasteiger charge is -2.42. The summed E-state index contributed by atoms with van der Waals surface area (Å²) < 4.78 is 23.5. The second-order valence-corrected chi connectivity index (χ2v) is 11.7. The number of carbonyl (C=O) groups excluding carboxylic acids is 1. The average molecular weight is 582 g/mol. The van der Waals surface area contributed by atoms with Crippen molar-refractivity contribution < 1.29 is 28.8 Å². The molecule has 0 saturated carbocycles. The first-order valence-electron chi connectivity index (χ1n) is 14.0. The molecule has 1 heterocycles. The third-order valence-electron chi connectivity index (χ3n) is 6.73. The molecule has 0 radical (unpaired) electrons. The second-order valence-electron chi connectivity index (χ2n) is 11.3. The number of aliphatic hydroxyl groups is 1. The van der Waals surface area contributed by atoms with Gasteiger partial charge in [-0.25, -0.2) is 4.79 Å². The molecule has 220 valence electrons. The molecule has 3 aromatic carbocycles. The molecule has 41 heavy (non-hydrogen) atoms. The first-order chi connectivity index (χ1) is 19.7. The van der Waals surface area contributed by atoms with Crippen molar-refractivity contribution in [3.8, 4) is 5.75 Å². The quantitative estimate of drug-likeness (QED) is 0.257. The van der Waals surface area contributed by atoms with Gasteiger partial charge in [0.1, 0.15) is 11.4 Å². The van der Waals surface area contributed by atoms with Crippen LogP contribution in [0.1, 0.15) is 49.8 Å². The van der Waals surface area contributed by atoms with E-state index in [-0.39, 0.29) is 12.5 Å². The Bertz CT molecular complexity index is 1210. The molecule has 7 nitrogen and oxygen atoms in total. The Balaban J connectivity index is 1.35. The summed E-state index contributed by atoms with van der Waals surface area (Å²) in [6, 6.07) is 25.2. The molecule has 1 fully saturated rings. The second kappa shape index (κ2) is 14.7. The molecule has 1 aliphatic heterocycles. The molecule has 0 aromatic heterocycles. The van der Waals surface area contributed by atoms with Gasteiger partial charge >= 0.3 is 6.09 Å². The van der Waals surface area contributed by atoms with Gasteiger partial charge < -0.3 is 29.0 Å². The molecular formula is C33H40ClNO6. The Morgan fingerprint density at radius 3 is 2.27 bits per heavy atom. The zero-order chi connectivity index (χ0) is 29.2. The number of benzene rings is 3. The average Bonchev–Trinajstić information content (AvgIpc) is 2.94. The Hall–Kier alpha value is -3.10. The Kier molecular flexibility index (Phi) is 11.1. The summed E-state index contributed by atoms with van der Waals surface area (Å²) >= 11 is 6.03. The van der Waals surface area contributed by atoms with Crippen molar-refractivity contribution in [1.29, 1.82) is 0 Å². The van der Waals surface area contributed by atoms with Crippen molar-refractivity contribution in [2.24, 2.45) is 0 Å². The van der Waals surface area contributed by atoms with Crippen molar-refractivity contribution in [2.75, 3.05) is 26.3 Å². The first kappa shape index (κ1) is 30.8. The van der Waals surface area contributed by atoms with E-state index in [4.69, 9.17) is 30.5 Å². The van der Waals surface area contributed by atoms with Crippen LogP contribution < -0.4 is 4.74 Å². The van der Waals surface area contributed by atoms with Crippen molar-refractivity contribution in [1.82, 2.24) is 4.90 Å². The standard InChI is InChI=1S/C33H40ClNO6/c1-33(2,3)41-32(37)35-20-29(36)31(30(21-35)40-23-25-10-14-27(34)15-11-25)26-12-16-28(17-13-26)39-19-7-18-38-22-24-8-5-4-6-9-24/h4-6,8-17,29-31,36H,7,18-23H2,1-3H3. The number of ether oxygens (including phenoxy) is 4. The maximum Gasteiger partial charge on any atom is 0.410 e. The van der Waals surface area contributed by atoms with Crippen molar-refractivity contribution >= 4 is 17.7 Å². The van der Waals surface area contributed by atoms with Gasteiger partial charge in [-0.3, -0.25) is 0 Å². The highest BCUT2D eigenvalue weighted by Crippen LogP contribution is 2.33. The Morgan fingerprint density at radius 2 is 1.59 bits per heavy atom. The minimum absolute atomic E-state index is 0.154. The van der Waals surface area contributed by atoms with Gasteiger partial charge in [0.05, 0.1) is 51.7 Å². The summed E-state index contributed by atoms with van der Waals surface area (Å²) in [6.45, 7) is 7.98. The number of amides is 1. The molecule has 1 amide bonds. The zero-order valence-electron chi connectivity index (χ0n) is 24.0. The van der Waals surface area contributed by atoms with Crippen LogP contribution in [-0.4, -0.2) is 60.2 Å². The highest BCUT2D eigenvalue weighted by molar-refractivity contribution is 6.30. The summed E-state index contributed by atoms with van der Waals surface area (Å²) in [4.78, 5) is 14.4. The molecule has 0 spiro atoms. The fourth-order valence-electron chi connectivity index (χ4n) is 4.75. The van der Waals surface area contributed by atoms with Crippen molar-refractivity contribution in [2.45, 2.75) is 64.1 Å². The van der Waals surface area contributed by atoms with Gasteiger partial charge in [-0.05, 0) is 61.7 Å². The number of rotatable bonds is 11. The molecule has 1 N–H and O–H groups in total. The third-order valence-corrected chi connectivity index (χ3v) is 6.98. The monoisotopic (exact) mass is 581 g/mol. The van der Waals surface area contributed by atoms with Crippen LogP contribution in [0.4, 0.5) is 4.79 Å². The number of likely N-dealkylation sites (tertiary alicyclic amines) is 1. The molecule has 0 bridgehead atoms. The van der Waals surface area contributed by atoms with Crippen LogP contribution in [0, 0.1) is 0 Å². The number of aliphatic hydroxyl groups excluding tert-OH is 1. The van der Waals surface area contributed by atoms with E-state index in [1.165, 1.54) is 4.90 Å². The molecule has 3 atom stereocenters. The van der Waals surface area contributed by atoms with Crippen LogP contribution in [0.3, 0.4) is 0 Å². The number of hydrogen-bond acceptors (Lipinski definition) is 6. The summed E-state index contributed by atoms with van der Waals surface area (Å²) in [6.07, 6.45) is -0.973. The van der Waals surface area contributed by atoms with Gasteiger partial charge in [-0.15, -0.1) is 0 Å². The van der Waals surface area contributed by atoms with Crippen LogP contribution in [0.5, 0.6) is 5.75 Å². The number of nitrogens with zero attached hydrogens (tertiary/aromatic N) is 1. The number of carbonyl (C=O) groups is 1. The zero-order valence-corrected chi connectivity index (χ0v) is 24.8. The van der Waals surface area contributed by atoms with Gasteiger partial charge in [0, 0.05) is 17.4 Å². The summed E-state index contributed by atoms with van der Waals surface area (Å²) in [5.74, 6) is 0.414. The summed E-state index contributed by atoms with van der Waals surface area (Å²) in [5, 5.41) is 11.9. The molecule has 1 aliphatic rings. The third kappa shape index (κ3) is 9.75. The Labute approximate surface area is 247 Å². The lowest BCUT2D eigenvalue weighted by atomic mass is 9.84. The molecular weight excluding hydrogens is 542 g/mol. The van der Waals surface area contributed by atoms with E-state index in [1.807, 2.05) is 99.6 Å². The fraction of sp³-hybridized carbons (Fsp3) is 0.424. The number of β-amino-alcohol motifs (C(OH)–C–C–N with tert-alkyl or cyclic N) is 1. The lowest BCUT2D eigenvalue weighted by Crippen LogP contribution is -2.54. The molecule has 3 aromatic rings. The fourth-order valence-corrected chi connectivity index (χ4v) is 4.87. The topological polar surface area (TPSA) is 77.5 Å². The predicted octanol–water partition coefficient (Wildman–Crippen LogP) is 6.61. The van der Waals surface area contributed by atoms with Crippen LogP contribution in [0.15, 0.2) is 78.9 Å². The number of halogens is 1. The van der Waals surface area contributed by atoms with Crippen LogP contribution >= 0.6 is 11.6 Å². The van der Waals surface area contributed by atoms with Gasteiger partial charge in [-0.2, -0.15) is 0 Å². The number of piperidine rings is 1. The highest BCUT2D eigenvalue weighted by Gasteiger charge is 2.40. The largest absolute Gasteiger partial charge is 0.494 e. The van der Waals surface area contributed by atoms with E-state index in [9.17, 15) is 9.90 Å². The van der Waals surface area contributed by atoms with E-state index in [0.717, 1.165) is 28.9 Å². The molecule has 4 rings (SSSR count). The lowest BCUT2D eigenvalue weighted by molar-refractivity contribution is -0.0755. The van der Waals surface area contributed by atoms with E-state index in [1.54, 1.807) is 0 Å². The maximum absolute atomic E-state index is 12.8. The normalized spacial score (nSPS) is 19.1. The smallest absolute Gasteiger partial charge is 0.410 e. The molecule has 3 unspecified atom stereocenters. The molecule has 1 saturated heterocycles. The van der Waals surface area contributed by atoms with Crippen LogP contribution in [-0.2, 0) is 27.4 Å². The minimum Gasteiger partial charge on any atom is -0.494 e. The molecule has 8 heteroatoms. The Morgan fingerprint density at radius 1 is 0.902 bits per heavy atom. The van der Waals surface area contributed by atoms with Gasteiger partial charge in [-0.1, -0.05) is 66.2 Å². The van der Waals surface area contributed by atoms with Crippen molar-refractivity contribution in [3.63, 3.8) is 0 Å². The van der Waals surface area contributed by atoms with E-state index >= 15 is 0 Å². The maximum atomic E-state index is 12.8. The van der Waals surface area contributed by atoms with Crippen LogP contribution in [0.2, 0.25) is 5.02 Å². The van der Waals surface area contributed by atoms with E-state index < -0.39 is 23.9 Å². The highest BCUT2D eigenvalue weighted by atomic mass is 35.5. The van der Waals surface area contributed by atoms with Gasteiger partial charge in [0.2, 0.25) is 0 Å². The van der Waals surface area contributed by atoms with E-state index in [0.29, 0.717) is 38.0 Å². The SMILES string of the molecule is CC(C)(C)OC(=O)N1CC(O)C(c2ccc(OCCCOCc3ccccc3)cc2)C(OCc2ccc(Cl)cc2)C1. The van der Waals surface area contributed by atoms with Gasteiger partial charge in [0.15, 0.2) is 0 Å². The number of hydrogen-bond donors (Lipinski definition) is 1. The predicted molar refractivity (Wildman–Crippen MR) is 159 cm³/mol. The van der Waals surface area contributed by atoms with E-state index in [2.05, 4.69) is 0 Å². The van der Waals surface area contributed by atoms with Crippen molar-refractivity contribution in [3.05, 3.63) is 101 Å². The van der Waals surface area contributed by atoms with Gasteiger partial charge in [0.25, 0.3) is 0 Å². The van der Waals surface area contributed by atoms with Crippen LogP contribution in [0.25, 0.3) is 0 Å². The minimum atomic E-state index is -0.833. The summed E-state index contributed by atoms with van der Waals surface area (Å²) in [7, 11) is 0. The molecule has 0 aliphatic carbocycles. The first-order valence-corrected chi connectivity index (χ1v) is 14.4.